The number of hydrogen-bond donors (Lipinski definition) is 1. The van der Waals surface area contributed by atoms with Gasteiger partial charge in [0.2, 0.25) is 15.9 Å². The Labute approximate surface area is 135 Å². The lowest BCUT2D eigenvalue weighted by molar-refractivity contribution is -0.126. The van der Waals surface area contributed by atoms with Crippen LogP contribution < -0.4 is 5.32 Å². The summed E-state index contributed by atoms with van der Waals surface area (Å²) in [5.74, 6) is -0.993. The van der Waals surface area contributed by atoms with Crippen LogP contribution in [0.25, 0.3) is 0 Å². The molecule has 7 nitrogen and oxygen atoms in total. The SMILES string of the molecule is CN(C)C(=O)CNc1ccc(F)c(S(=O)(=O)N2CCOCC2)c1. The molecule has 1 aliphatic heterocycles. The lowest BCUT2D eigenvalue weighted by Crippen LogP contribution is -2.40. The second-order valence-corrected chi connectivity index (χ2v) is 7.21. The van der Waals surface area contributed by atoms with Crippen LogP contribution in [0.5, 0.6) is 0 Å². The molecule has 1 saturated heterocycles. The zero-order valence-electron chi connectivity index (χ0n) is 13.1. The van der Waals surface area contributed by atoms with Crippen LogP contribution >= 0.6 is 0 Å². The number of sulfonamides is 1. The number of nitrogens with one attached hydrogen (secondary N) is 1. The highest BCUT2D eigenvalue weighted by atomic mass is 32.2. The number of halogens is 1. The molecule has 1 heterocycles. The van der Waals surface area contributed by atoms with E-state index in [1.165, 1.54) is 21.3 Å². The predicted octanol–water partition coefficient (Wildman–Crippen LogP) is 0.347. The topological polar surface area (TPSA) is 79.0 Å². The van der Waals surface area contributed by atoms with Gasteiger partial charge in [-0.25, -0.2) is 12.8 Å². The Kier molecular flexibility index (Phi) is 5.55. The van der Waals surface area contributed by atoms with Crippen molar-refractivity contribution in [3.05, 3.63) is 24.0 Å². The van der Waals surface area contributed by atoms with E-state index >= 15 is 0 Å². The maximum absolute atomic E-state index is 14.0. The molecule has 0 bridgehead atoms. The molecule has 0 spiro atoms. The van der Waals surface area contributed by atoms with Crippen molar-refractivity contribution in [3.63, 3.8) is 0 Å². The second kappa shape index (κ2) is 7.24. The van der Waals surface area contributed by atoms with Crippen LogP contribution in [0, 0.1) is 5.82 Å². The Morgan fingerprint density at radius 1 is 1.35 bits per heavy atom. The predicted molar refractivity (Wildman–Crippen MR) is 83.2 cm³/mol. The largest absolute Gasteiger partial charge is 0.379 e. The van der Waals surface area contributed by atoms with Crippen LogP contribution in [-0.2, 0) is 19.6 Å². The van der Waals surface area contributed by atoms with E-state index in [9.17, 15) is 17.6 Å². The summed E-state index contributed by atoms with van der Waals surface area (Å²) in [6.45, 7) is 0.957. The van der Waals surface area contributed by atoms with E-state index in [1.54, 1.807) is 14.1 Å². The molecule has 2 rings (SSSR count). The highest BCUT2D eigenvalue weighted by Gasteiger charge is 2.29. The van der Waals surface area contributed by atoms with Gasteiger partial charge >= 0.3 is 0 Å². The number of likely N-dealkylation sites (N-methyl/N-ethyl adjacent to an activating group) is 1. The van der Waals surface area contributed by atoms with Crippen molar-refractivity contribution in [2.75, 3.05) is 52.3 Å². The van der Waals surface area contributed by atoms with Crippen molar-refractivity contribution < 1.29 is 22.3 Å². The van der Waals surface area contributed by atoms with E-state index in [4.69, 9.17) is 4.74 Å². The number of rotatable bonds is 5. The summed E-state index contributed by atoms with van der Waals surface area (Å²) in [6, 6.07) is 3.69. The summed E-state index contributed by atoms with van der Waals surface area (Å²) in [4.78, 5) is 12.6. The quantitative estimate of drug-likeness (QED) is 0.833. The molecular weight excluding hydrogens is 325 g/mol. The zero-order valence-corrected chi connectivity index (χ0v) is 13.9. The van der Waals surface area contributed by atoms with E-state index in [1.807, 2.05) is 0 Å². The van der Waals surface area contributed by atoms with Crippen molar-refractivity contribution in [2.24, 2.45) is 0 Å². The van der Waals surface area contributed by atoms with Crippen LogP contribution in [0.4, 0.5) is 10.1 Å². The molecule has 128 valence electrons. The number of morpholine rings is 1. The third-order valence-corrected chi connectivity index (χ3v) is 5.38. The van der Waals surface area contributed by atoms with Gasteiger partial charge < -0.3 is 15.0 Å². The number of carbonyl (C=O) groups excluding carboxylic acids is 1. The first-order chi connectivity index (χ1) is 10.8. The van der Waals surface area contributed by atoms with E-state index in [0.717, 1.165) is 6.07 Å². The second-order valence-electron chi connectivity index (χ2n) is 5.30. The minimum Gasteiger partial charge on any atom is -0.379 e. The summed E-state index contributed by atoms with van der Waals surface area (Å²) in [5.41, 5.74) is 0.369. The zero-order chi connectivity index (χ0) is 17.0. The normalized spacial score (nSPS) is 16.1. The lowest BCUT2D eigenvalue weighted by Gasteiger charge is -2.26. The van der Waals surface area contributed by atoms with E-state index in [-0.39, 0.29) is 38.8 Å². The lowest BCUT2D eigenvalue weighted by atomic mass is 10.3. The molecule has 1 N–H and O–H groups in total. The van der Waals surface area contributed by atoms with Crippen LogP contribution in [0.3, 0.4) is 0 Å². The number of amides is 1. The third-order valence-electron chi connectivity index (χ3n) is 3.46. The number of benzene rings is 1. The smallest absolute Gasteiger partial charge is 0.246 e. The molecule has 0 aromatic heterocycles. The van der Waals surface area contributed by atoms with Gasteiger partial charge in [0, 0.05) is 32.9 Å². The molecule has 0 radical (unpaired) electrons. The van der Waals surface area contributed by atoms with E-state index in [2.05, 4.69) is 5.32 Å². The Bertz CT molecular complexity index is 673. The molecule has 1 aromatic carbocycles. The van der Waals surface area contributed by atoms with Gasteiger partial charge in [0.25, 0.3) is 0 Å². The Morgan fingerprint density at radius 2 is 2.00 bits per heavy atom. The molecule has 0 aliphatic carbocycles. The standard InChI is InChI=1S/C14H20FN3O4S/c1-17(2)14(19)10-16-11-3-4-12(15)13(9-11)23(20,21)18-5-7-22-8-6-18/h3-4,9,16H,5-8,10H2,1-2H3. The molecule has 1 aromatic rings. The summed E-state index contributed by atoms with van der Waals surface area (Å²) in [7, 11) is -0.699. The first-order valence-corrected chi connectivity index (χ1v) is 8.58. The summed E-state index contributed by atoms with van der Waals surface area (Å²) in [6.07, 6.45) is 0. The molecular formula is C14H20FN3O4S. The molecule has 1 amide bonds. The van der Waals surface area contributed by atoms with Crippen LogP contribution in [0.2, 0.25) is 0 Å². The van der Waals surface area contributed by atoms with Crippen LogP contribution in [0.1, 0.15) is 0 Å². The summed E-state index contributed by atoms with van der Waals surface area (Å²) in [5, 5.41) is 2.80. The Balaban J connectivity index is 2.21. The number of ether oxygens (including phenoxy) is 1. The van der Waals surface area contributed by atoms with Crippen molar-refractivity contribution >= 4 is 21.6 Å². The monoisotopic (exact) mass is 345 g/mol. The van der Waals surface area contributed by atoms with Crippen molar-refractivity contribution in [3.8, 4) is 0 Å². The maximum atomic E-state index is 14.0. The fraction of sp³-hybridized carbons (Fsp3) is 0.500. The fourth-order valence-electron chi connectivity index (χ4n) is 2.07. The Morgan fingerprint density at radius 3 is 2.61 bits per heavy atom. The molecule has 0 atom stereocenters. The Hall–Kier alpha value is -1.71. The number of anilines is 1. The highest BCUT2D eigenvalue weighted by molar-refractivity contribution is 7.89. The molecule has 23 heavy (non-hydrogen) atoms. The van der Waals surface area contributed by atoms with Crippen molar-refractivity contribution in [1.29, 1.82) is 0 Å². The van der Waals surface area contributed by atoms with Crippen molar-refractivity contribution in [2.45, 2.75) is 4.90 Å². The van der Waals surface area contributed by atoms with Gasteiger partial charge in [0.15, 0.2) is 0 Å². The summed E-state index contributed by atoms with van der Waals surface area (Å²) < 4.78 is 45.4. The number of nitrogens with zero attached hydrogens (tertiary/aromatic N) is 2. The van der Waals surface area contributed by atoms with Gasteiger partial charge in [-0.2, -0.15) is 4.31 Å². The average molecular weight is 345 g/mol. The number of hydrogen-bond acceptors (Lipinski definition) is 5. The van der Waals surface area contributed by atoms with E-state index in [0.29, 0.717) is 5.69 Å². The minimum absolute atomic E-state index is 0.00429. The van der Waals surface area contributed by atoms with Crippen LogP contribution in [0.15, 0.2) is 23.1 Å². The van der Waals surface area contributed by atoms with Gasteiger partial charge in [-0.05, 0) is 18.2 Å². The molecule has 1 aliphatic rings. The average Bonchev–Trinajstić information content (AvgIpc) is 2.54. The van der Waals surface area contributed by atoms with Gasteiger partial charge in [-0.3, -0.25) is 4.79 Å². The van der Waals surface area contributed by atoms with E-state index < -0.39 is 20.7 Å². The summed E-state index contributed by atoms with van der Waals surface area (Å²) >= 11 is 0. The number of carbonyl (C=O) groups is 1. The maximum Gasteiger partial charge on any atom is 0.246 e. The van der Waals surface area contributed by atoms with Gasteiger partial charge in [0.05, 0.1) is 19.8 Å². The molecule has 9 heteroatoms. The first-order valence-electron chi connectivity index (χ1n) is 7.14. The first kappa shape index (κ1) is 17.6. The minimum atomic E-state index is -3.93. The van der Waals surface area contributed by atoms with Crippen molar-refractivity contribution in [1.82, 2.24) is 9.21 Å². The third kappa shape index (κ3) is 4.18. The molecule has 0 unspecified atom stereocenters. The van der Waals surface area contributed by atoms with Gasteiger partial charge in [0.1, 0.15) is 10.7 Å². The fourth-order valence-corrected chi connectivity index (χ4v) is 3.57. The highest BCUT2D eigenvalue weighted by Crippen LogP contribution is 2.23. The van der Waals surface area contributed by atoms with Gasteiger partial charge in [-0.15, -0.1) is 0 Å². The van der Waals surface area contributed by atoms with Gasteiger partial charge in [-0.1, -0.05) is 0 Å². The van der Waals surface area contributed by atoms with Crippen LogP contribution in [-0.4, -0.2) is 70.5 Å². The molecule has 0 saturated carbocycles. The molecule has 1 fully saturated rings.